The van der Waals surface area contributed by atoms with Crippen LogP contribution in [0.2, 0.25) is 0 Å². The summed E-state index contributed by atoms with van der Waals surface area (Å²) in [6, 6.07) is 13.8. The molecule has 0 radical (unpaired) electrons. The molecular formula is C20H15N5O2. The quantitative estimate of drug-likeness (QED) is 0.560. The summed E-state index contributed by atoms with van der Waals surface area (Å²) >= 11 is 0. The van der Waals surface area contributed by atoms with Crippen molar-refractivity contribution >= 4 is 16.7 Å². The van der Waals surface area contributed by atoms with E-state index < -0.39 is 0 Å². The lowest BCUT2D eigenvalue weighted by Crippen LogP contribution is -2.48. The minimum absolute atomic E-state index is 0.0191. The number of amides is 1. The summed E-state index contributed by atoms with van der Waals surface area (Å²) < 4.78 is 5.35. The molecule has 0 bridgehead atoms. The molecule has 27 heavy (non-hydrogen) atoms. The van der Waals surface area contributed by atoms with Gasteiger partial charge in [0.2, 0.25) is 11.7 Å². The predicted molar refractivity (Wildman–Crippen MR) is 97.9 cm³/mol. The molecule has 0 aliphatic carbocycles. The van der Waals surface area contributed by atoms with Crippen LogP contribution in [0.1, 0.15) is 22.2 Å². The average Bonchev–Trinajstić information content (AvgIpc) is 3.17. The van der Waals surface area contributed by atoms with Crippen LogP contribution in [0.25, 0.3) is 22.3 Å². The van der Waals surface area contributed by atoms with E-state index in [1.807, 2.05) is 42.5 Å². The van der Waals surface area contributed by atoms with Gasteiger partial charge < -0.3 is 9.42 Å². The number of aromatic nitrogens is 4. The van der Waals surface area contributed by atoms with Gasteiger partial charge in [-0.3, -0.25) is 9.78 Å². The highest BCUT2D eigenvalue weighted by Crippen LogP contribution is 2.29. The van der Waals surface area contributed by atoms with Crippen LogP contribution in [-0.4, -0.2) is 44.0 Å². The zero-order valence-electron chi connectivity index (χ0n) is 14.3. The van der Waals surface area contributed by atoms with Crippen LogP contribution in [0, 0.1) is 0 Å². The SMILES string of the molecule is O=C(c1ccc2ccccc2c1)N1CC(c2nc(-c3cnccn3)no2)C1. The van der Waals surface area contributed by atoms with Gasteiger partial charge in [0.15, 0.2) is 0 Å². The summed E-state index contributed by atoms with van der Waals surface area (Å²) in [6.07, 6.45) is 4.76. The molecule has 0 atom stereocenters. The third kappa shape index (κ3) is 2.83. The lowest BCUT2D eigenvalue weighted by atomic mass is 9.98. The minimum atomic E-state index is 0.0191. The van der Waals surface area contributed by atoms with Crippen LogP contribution in [0.5, 0.6) is 0 Å². The topological polar surface area (TPSA) is 85.0 Å². The largest absolute Gasteiger partial charge is 0.338 e. The summed E-state index contributed by atoms with van der Waals surface area (Å²) in [4.78, 5) is 27.1. The summed E-state index contributed by atoms with van der Waals surface area (Å²) in [7, 11) is 0. The monoisotopic (exact) mass is 357 g/mol. The molecule has 3 heterocycles. The lowest BCUT2D eigenvalue weighted by Gasteiger charge is -2.37. The van der Waals surface area contributed by atoms with Crippen molar-refractivity contribution in [1.82, 2.24) is 25.0 Å². The third-order valence-electron chi connectivity index (χ3n) is 4.75. The maximum atomic E-state index is 12.7. The number of rotatable bonds is 3. The second kappa shape index (κ2) is 6.28. The van der Waals surface area contributed by atoms with Crippen molar-refractivity contribution in [3.05, 3.63) is 72.5 Å². The van der Waals surface area contributed by atoms with Crippen molar-refractivity contribution < 1.29 is 9.32 Å². The van der Waals surface area contributed by atoms with Gasteiger partial charge in [0.05, 0.1) is 12.1 Å². The average molecular weight is 357 g/mol. The lowest BCUT2D eigenvalue weighted by molar-refractivity contribution is 0.0569. The molecule has 1 aliphatic rings. The normalized spacial score (nSPS) is 14.3. The van der Waals surface area contributed by atoms with Crippen molar-refractivity contribution in [2.24, 2.45) is 0 Å². The second-order valence-corrected chi connectivity index (χ2v) is 6.52. The first-order valence-electron chi connectivity index (χ1n) is 8.66. The molecule has 0 N–H and O–H groups in total. The molecule has 0 unspecified atom stereocenters. The van der Waals surface area contributed by atoms with Gasteiger partial charge in [0.25, 0.3) is 5.91 Å². The Kier molecular flexibility index (Phi) is 3.64. The zero-order chi connectivity index (χ0) is 18.2. The molecule has 4 aromatic rings. The van der Waals surface area contributed by atoms with E-state index in [-0.39, 0.29) is 11.8 Å². The maximum absolute atomic E-state index is 12.7. The third-order valence-corrected chi connectivity index (χ3v) is 4.75. The van der Waals surface area contributed by atoms with E-state index in [4.69, 9.17) is 4.52 Å². The fraction of sp³-hybridized carbons (Fsp3) is 0.150. The van der Waals surface area contributed by atoms with Crippen LogP contribution < -0.4 is 0 Å². The molecule has 0 spiro atoms. The van der Waals surface area contributed by atoms with Gasteiger partial charge in [-0.1, -0.05) is 35.5 Å². The zero-order valence-corrected chi connectivity index (χ0v) is 14.3. The van der Waals surface area contributed by atoms with Crippen molar-refractivity contribution in [1.29, 1.82) is 0 Å². The molecule has 1 saturated heterocycles. The first-order chi connectivity index (χ1) is 13.3. The standard InChI is InChI=1S/C20H15N5O2/c26-20(15-6-5-13-3-1-2-4-14(13)9-15)25-11-16(12-25)19-23-18(24-27-19)17-10-21-7-8-22-17/h1-10,16H,11-12H2. The Morgan fingerprint density at radius 3 is 2.74 bits per heavy atom. The Labute approximate surface area is 154 Å². The fourth-order valence-corrected chi connectivity index (χ4v) is 3.23. The van der Waals surface area contributed by atoms with E-state index in [1.165, 1.54) is 0 Å². The van der Waals surface area contributed by atoms with Gasteiger partial charge >= 0.3 is 0 Å². The maximum Gasteiger partial charge on any atom is 0.253 e. The molecule has 1 amide bonds. The fourth-order valence-electron chi connectivity index (χ4n) is 3.23. The van der Waals surface area contributed by atoms with Gasteiger partial charge in [-0.25, -0.2) is 4.98 Å². The molecule has 2 aromatic heterocycles. The molecular weight excluding hydrogens is 342 g/mol. The van der Waals surface area contributed by atoms with Gasteiger partial charge in [0, 0.05) is 31.0 Å². The van der Waals surface area contributed by atoms with Gasteiger partial charge in [0.1, 0.15) is 5.69 Å². The predicted octanol–water partition coefficient (Wildman–Crippen LogP) is 2.92. The van der Waals surface area contributed by atoms with Crippen molar-refractivity contribution in [3.63, 3.8) is 0 Å². The second-order valence-electron chi connectivity index (χ2n) is 6.52. The van der Waals surface area contributed by atoms with Crippen LogP contribution in [0.4, 0.5) is 0 Å². The van der Waals surface area contributed by atoms with E-state index >= 15 is 0 Å². The molecule has 132 valence electrons. The Morgan fingerprint density at radius 1 is 1.07 bits per heavy atom. The summed E-state index contributed by atoms with van der Waals surface area (Å²) in [6.45, 7) is 1.13. The molecule has 0 saturated carbocycles. The number of benzene rings is 2. The molecule has 7 heteroatoms. The first kappa shape index (κ1) is 15.6. The highest BCUT2D eigenvalue weighted by Gasteiger charge is 2.36. The molecule has 1 fully saturated rings. The number of nitrogens with zero attached hydrogens (tertiary/aromatic N) is 5. The summed E-state index contributed by atoms with van der Waals surface area (Å²) in [5.41, 5.74) is 1.26. The van der Waals surface area contributed by atoms with Gasteiger partial charge in [-0.2, -0.15) is 4.98 Å². The smallest absolute Gasteiger partial charge is 0.253 e. The van der Waals surface area contributed by atoms with E-state index in [0.29, 0.717) is 36.1 Å². The number of hydrogen-bond donors (Lipinski definition) is 0. The van der Waals surface area contributed by atoms with E-state index in [9.17, 15) is 4.79 Å². The summed E-state index contributed by atoms with van der Waals surface area (Å²) in [5, 5.41) is 6.14. The Bertz CT molecular complexity index is 1120. The number of likely N-dealkylation sites (tertiary alicyclic amines) is 1. The number of hydrogen-bond acceptors (Lipinski definition) is 6. The number of carbonyl (C=O) groups is 1. The molecule has 7 nitrogen and oxygen atoms in total. The minimum Gasteiger partial charge on any atom is -0.338 e. The Hall–Kier alpha value is -3.61. The first-order valence-corrected chi connectivity index (χ1v) is 8.66. The molecule has 1 aliphatic heterocycles. The van der Waals surface area contributed by atoms with Gasteiger partial charge in [-0.05, 0) is 22.9 Å². The van der Waals surface area contributed by atoms with Crippen molar-refractivity contribution in [2.75, 3.05) is 13.1 Å². The van der Waals surface area contributed by atoms with Crippen LogP contribution in [0.3, 0.4) is 0 Å². The van der Waals surface area contributed by atoms with E-state index in [2.05, 4.69) is 20.1 Å². The van der Waals surface area contributed by atoms with Crippen LogP contribution in [-0.2, 0) is 0 Å². The van der Waals surface area contributed by atoms with E-state index in [1.54, 1.807) is 23.5 Å². The van der Waals surface area contributed by atoms with Gasteiger partial charge in [-0.15, -0.1) is 0 Å². The van der Waals surface area contributed by atoms with Crippen LogP contribution >= 0.6 is 0 Å². The Morgan fingerprint density at radius 2 is 1.93 bits per heavy atom. The summed E-state index contributed by atoms with van der Waals surface area (Å²) in [5.74, 6) is 1.01. The highest BCUT2D eigenvalue weighted by atomic mass is 16.5. The van der Waals surface area contributed by atoms with E-state index in [0.717, 1.165) is 10.8 Å². The Balaban J connectivity index is 1.29. The highest BCUT2D eigenvalue weighted by molar-refractivity contribution is 5.99. The van der Waals surface area contributed by atoms with Crippen molar-refractivity contribution in [3.8, 4) is 11.5 Å². The number of fused-ring (bicyclic) bond motifs is 1. The molecule has 5 rings (SSSR count). The molecule has 2 aromatic carbocycles. The van der Waals surface area contributed by atoms with Crippen LogP contribution in [0.15, 0.2) is 65.6 Å². The van der Waals surface area contributed by atoms with Crippen molar-refractivity contribution in [2.45, 2.75) is 5.92 Å². The number of carbonyl (C=O) groups excluding carboxylic acids is 1.